The fourth-order valence-electron chi connectivity index (χ4n) is 3.27. The number of fused-ring (bicyclic) bond motifs is 1. The summed E-state index contributed by atoms with van der Waals surface area (Å²) >= 11 is 0. The van der Waals surface area contributed by atoms with Gasteiger partial charge in [0, 0.05) is 32.4 Å². The third-order valence-electron chi connectivity index (χ3n) is 4.88. The van der Waals surface area contributed by atoms with E-state index in [0.29, 0.717) is 42.9 Å². The van der Waals surface area contributed by atoms with Gasteiger partial charge in [-0.25, -0.2) is 18.2 Å². The van der Waals surface area contributed by atoms with E-state index in [1.54, 1.807) is 12.3 Å². The first-order valence-corrected chi connectivity index (χ1v) is 10.5. The first kappa shape index (κ1) is 19.4. The summed E-state index contributed by atoms with van der Waals surface area (Å²) in [6.07, 6.45) is 2.44. The standard InChI is InChI=1S/C18H20N4O6S/c1-21-14-11-13(3-4-15(14)28-18(21)23)29(24,25)22-9-6-12(7-10-22)27-16-5-8-19-17(20-16)26-2/h3-5,8,11-12H,6-7,9-10H2,1-2H3. The highest BCUT2D eigenvalue weighted by Gasteiger charge is 2.31. The van der Waals surface area contributed by atoms with Gasteiger partial charge in [0.2, 0.25) is 15.9 Å². The maximum Gasteiger partial charge on any atom is 0.419 e. The molecule has 0 saturated carbocycles. The Kier molecular flexibility index (Phi) is 5.01. The number of methoxy groups -OCH3 is 1. The van der Waals surface area contributed by atoms with Crippen LogP contribution in [0.15, 0.2) is 44.6 Å². The Balaban J connectivity index is 1.47. The van der Waals surface area contributed by atoms with Crippen molar-refractivity contribution in [3.05, 3.63) is 41.0 Å². The number of benzene rings is 1. The van der Waals surface area contributed by atoms with Crippen molar-refractivity contribution in [3.63, 3.8) is 0 Å². The van der Waals surface area contributed by atoms with E-state index >= 15 is 0 Å². The molecule has 1 fully saturated rings. The van der Waals surface area contributed by atoms with Gasteiger partial charge in [-0.15, -0.1) is 0 Å². The van der Waals surface area contributed by atoms with E-state index in [1.165, 1.54) is 41.2 Å². The number of piperidine rings is 1. The van der Waals surface area contributed by atoms with E-state index in [-0.39, 0.29) is 17.0 Å². The third kappa shape index (κ3) is 3.70. The molecule has 0 atom stereocenters. The lowest BCUT2D eigenvalue weighted by Crippen LogP contribution is -2.41. The second-order valence-corrected chi connectivity index (χ2v) is 8.60. The Morgan fingerprint density at radius 2 is 1.97 bits per heavy atom. The zero-order valence-corrected chi connectivity index (χ0v) is 16.8. The number of hydrogen-bond acceptors (Lipinski definition) is 8. The molecule has 0 amide bonds. The van der Waals surface area contributed by atoms with Gasteiger partial charge in [-0.1, -0.05) is 0 Å². The van der Waals surface area contributed by atoms with E-state index in [1.807, 2.05) is 0 Å². The zero-order valence-electron chi connectivity index (χ0n) is 15.9. The number of oxazole rings is 1. The van der Waals surface area contributed by atoms with Gasteiger partial charge < -0.3 is 13.9 Å². The number of hydrogen-bond donors (Lipinski definition) is 0. The molecule has 2 aromatic heterocycles. The molecule has 11 heteroatoms. The summed E-state index contributed by atoms with van der Waals surface area (Å²) in [4.78, 5) is 19.8. The van der Waals surface area contributed by atoms with Crippen LogP contribution in [0.5, 0.6) is 11.9 Å². The zero-order chi connectivity index (χ0) is 20.6. The van der Waals surface area contributed by atoms with Crippen molar-refractivity contribution in [1.29, 1.82) is 0 Å². The van der Waals surface area contributed by atoms with Crippen LogP contribution in [-0.2, 0) is 17.1 Å². The molecular weight excluding hydrogens is 400 g/mol. The number of ether oxygens (including phenoxy) is 2. The van der Waals surface area contributed by atoms with E-state index in [4.69, 9.17) is 13.9 Å². The minimum atomic E-state index is -3.69. The van der Waals surface area contributed by atoms with E-state index < -0.39 is 15.8 Å². The Bertz CT molecular complexity index is 1190. The van der Waals surface area contributed by atoms with Gasteiger partial charge in [0.1, 0.15) is 6.10 Å². The van der Waals surface area contributed by atoms with E-state index in [0.717, 1.165) is 0 Å². The number of sulfonamides is 1. The molecule has 0 spiro atoms. The molecule has 1 saturated heterocycles. The van der Waals surface area contributed by atoms with Crippen LogP contribution in [0.2, 0.25) is 0 Å². The average Bonchev–Trinajstić information content (AvgIpc) is 3.02. The van der Waals surface area contributed by atoms with Crippen LogP contribution in [0.3, 0.4) is 0 Å². The molecule has 3 aromatic rings. The first-order valence-electron chi connectivity index (χ1n) is 9.02. The Morgan fingerprint density at radius 3 is 2.69 bits per heavy atom. The predicted octanol–water partition coefficient (Wildman–Crippen LogP) is 1.16. The molecule has 29 heavy (non-hydrogen) atoms. The van der Waals surface area contributed by atoms with Gasteiger partial charge in [0.15, 0.2) is 5.58 Å². The van der Waals surface area contributed by atoms with Gasteiger partial charge in [0.05, 0.1) is 17.5 Å². The molecule has 154 valence electrons. The smallest absolute Gasteiger partial charge is 0.419 e. The molecule has 0 radical (unpaired) electrons. The molecular formula is C18H20N4O6S. The highest BCUT2D eigenvalue weighted by molar-refractivity contribution is 7.89. The highest BCUT2D eigenvalue weighted by atomic mass is 32.2. The van der Waals surface area contributed by atoms with Crippen LogP contribution in [-0.4, -0.2) is 53.6 Å². The second kappa shape index (κ2) is 7.48. The lowest BCUT2D eigenvalue weighted by Gasteiger charge is -2.31. The van der Waals surface area contributed by atoms with Crippen molar-refractivity contribution < 1.29 is 22.3 Å². The number of aryl methyl sites for hydroxylation is 1. The molecule has 0 N–H and O–H groups in total. The van der Waals surface area contributed by atoms with Gasteiger partial charge in [-0.05, 0) is 31.0 Å². The molecule has 1 aliphatic rings. The van der Waals surface area contributed by atoms with Crippen LogP contribution in [0.1, 0.15) is 12.8 Å². The first-order chi connectivity index (χ1) is 13.9. The van der Waals surface area contributed by atoms with Gasteiger partial charge in [0.25, 0.3) is 0 Å². The second-order valence-electron chi connectivity index (χ2n) is 6.66. The topological polar surface area (TPSA) is 117 Å². The third-order valence-corrected chi connectivity index (χ3v) is 6.77. The van der Waals surface area contributed by atoms with Crippen LogP contribution in [0, 0.1) is 0 Å². The monoisotopic (exact) mass is 420 g/mol. The summed E-state index contributed by atoms with van der Waals surface area (Å²) < 4.78 is 44.6. The average molecular weight is 420 g/mol. The summed E-state index contributed by atoms with van der Waals surface area (Å²) in [6.45, 7) is 0.634. The molecule has 1 aromatic carbocycles. The molecule has 0 unspecified atom stereocenters. The van der Waals surface area contributed by atoms with Crippen LogP contribution in [0.25, 0.3) is 11.1 Å². The lowest BCUT2D eigenvalue weighted by molar-refractivity contribution is 0.128. The fraction of sp³-hybridized carbons (Fsp3) is 0.389. The molecule has 1 aliphatic heterocycles. The van der Waals surface area contributed by atoms with Gasteiger partial charge in [-0.2, -0.15) is 9.29 Å². The fourth-order valence-corrected chi connectivity index (χ4v) is 4.76. The van der Waals surface area contributed by atoms with Crippen molar-refractivity contribution in [2.45, 2.75) is 23.8 Å². The van der Waals surface area contributed by atoms with Crippen molar-refractivity contribution in [2.24, 2.45) is 7.05 Å². The predicted molar refractivity (Wildman–Crippen MR) is 102 cm³/mol. The number of aromatic nitrogens is 3. The maximum absolute atomic E-state index is 13.0. The number of nitrogens with zero attached hydrogens (tertiary/aromatic N) is 4. The van der Waals surface area contributed by atoms with Crippen molar-refractivity contribution in [2.75, 3.05) is 20.2 Å². The Hall–Kier alpha value is -2.92. The molecule has 4 rings (SSSR count). The lowest BCUT2D eigenvalue weighted by atomic mass is 10.1. The summed E-state index contributed by atoms with van der Waals surface area (Å²) in [7, 11) is -0.682. The van der Waals surface area contributed by atoms with Crippen molar-refractivity contribution in [3.8, 4) is 11.9 Å². The maximum atomic E-state index is 13.0. The number of rotatable bonds is 5. The van der Waals surface area contributed by atoms with Crippen LogP contribution >= 0.6 is 0 Å². The van der Waals surface area contributed by atoms with Gasteiger partial charge in [-0.3, -0.25) is 4.57 Å². The highest BCUT2D eigenvalue weighted by Crippen LogP contribution is 2.25. The van der Waals surface area contributed by atoms with E-state index in [2.05, 4.69) is 9.97 Å². The summed E-state index contributed by atoms with van der Waals surface area (Å²) in [6, 6.07) is 6.27. The molecule has 10 nitrogen and oxygen atoms in total. The molecule has 0 bridgehead atoms. The van der Waals surface area contributed by atoms with Crippen LogP contribution in [0.4, 0.5) is 0 Å². The summed E-state index contributed by atoms with van der Waals surface area (Å²) in [5, 5.41) is 0. The SMILES string of the molecule is COc1nccc(OC2CCN(S(=O)(=O)c3ccc4oc(=O)n(C)c4c3)CC2)n1. The molecule has 0 aliphatic carbocycles. The van der Waals surface area contributed by atoms with Crippen molar-refractivity contribution in [1.82, 2.24) is 18.8 Å². The quantitative estimate of drug-likeness (QED) is 0.604. The largest absolute Gasteiger partial charge is 0.474 e. The van der Waals surface area contributed by atoms with Gasteiger partial charge >= 0.3 is 11.8 Å². The Morgan fingerprint density at radius 1 is 1.21 bits per heavy atom. The molecule has 3 heterocycles. The summed E-state index contributed by atoms with van der Waals surface area (Å²) in [5.41, 5.74) is 0.788. The van der Waals surface area contributed by atoms with E-state index in [9.17, 15) is 13.2 Å². The summed E-state index contributed by atoms with van der Waals surface area (Å²) in [5.74, 6) is -0.140. The van der Waals surface area contributed by atoms with Crippen molar-refractivity contribution >= 4 is 21.1 Å². The normalized spacial score (nSPS) is 16.2. The minimum Gasteiger partial charge on any atom is -0.474 e. The van der Waals surface area contributed by atoms with Crippen LogP contribution < -0.4 is 15.2 Å². The minimum absolute atomic E-state index is 0.126. The Labute approximate surface area is 166 Å².